The number of anilines is 2. The number of halogens is 2. The third-order valence-electron chi connectivity index (χ3n) is 9.10. The molecule has 4 atom stereocenters. The summed E-state index contributed by atoms with van der Waals surface area (Å²) in [5.41, 5.74) is 1.04. The number of carbonyl (C=O) groups excluding carboxylic acids is 3. The molecule has 47 heavy (non-hydrogen) atoms. The van der Waals surface area contributed by atoms with Gasteiger partial charge in [0.15, 0.2) is 11.3 Å². The summed E-state index contributed by atoms with van der Waals surface area (Å²) < 4.78 is 11.7. The van der Waals surface area contributed by atoms with Crippen LogP contribution in [-0.2, 0) is 10.3 Å². The minimum atomic E-state index is -1.71. The van der Waals surface area contributed by atoms with E-state index in [1.807, 2.05) is 30.3 Å². The normalized spacial score (nSPS) is 21.5. The van der Waals surface area contributed by atoms with Crippen LogP contribution in [0.5, 0.6) is 11.5 Å². The number of fused-ring (bicyclic) bond motifs is 2. The number of ketones is 1. The molecule has 0 saturated carbocycles. The van der Waals surface area contributed by atoms with E-state index in [2.05, 4.69) is 40.4 Å². The number of likely N-dealkylation sites (tertiary alicyclic amines) is 1. The van der Waals surface area contributed by atoms with Crippen molar-refractivity contribution in [2.75, 3.05) is 24.9 Å². The highest BCUT2D eigenvalue weighted by Gasteiger charge is 2.70. The van der Waals surface area contributed by atoms with E-state index in [4.69, 9.17) is 21.1 Å². The van der Waals surface area contributed by atoms with Crippen molar-refractivity contribution < 1.29 is 23.9 Å². The molecule has 2 aliphatic rings. The van der Waals surface area contributed by atoms with Crippen molar-refractivity contribution in [1.82, 2.24) is 4.90 Å². The van der Waals surface area contributed by atoms with Crippen LogP contribution in [0.1, 0.15) is 47.7 Å². The summed E-state index contributed by atoms with van der Waals surface area (Å²) in [6.45, 7) is 4.14. The Bertz CT molecular complexity index is 1830. The standard InChI is InChI=1S/C37H35BrClN3O5/c1-21(2)18-30-32(22-10-13-25(39)14-11-22)33(34(43)23-8-6-5-7-9-23)37(27-19-24(38)12-16-28(27)40-35(37)44)42(30)36(45)41-29-17-15-26(46-3)20-31(29)47-4/h5-17,19-21,30,32-33H,18H2,1-4H3,(H,40,44)(H,41,45). The van der Waals surface area contributed by atoms with Gasteiger partial charge in [0, 0.05) is 44.3 Å². The smallest absolute Gasteiger partial charge is 0.323 e. The number of benzene rings is 4. The highest BCUT2D eigenvalue weighted by Crippen LogP contribution is 2.60. The lowest BCUT2D eigenvalue weighted by molar-refractivity contribution is -0.126. The number of nitrogens with zero attached hydrogens (tertiary/aromatic N) is 1. The largest absolute Gasteiger partial charge is 0.497 e. The molecule has 3 amide bonds. The summed E-state index contributed by atoms with van der Waals surface area (Å²) in [4.78, 5) is 46.4. The molecule has 4 aromatic rings. The number of rotatable bonds is 8. The van der Waals surface area contributed by atoms with Crippen LogP contribution >= 0.6 is 27.5 Å². The number of hydrogen-bond acceptors (Lipinski definition) is 5. The summed E-state index contributed by atoms with van der Waals surface area (Å²) in [7, 11) is 3.05. The van der Waals surface area contributed by atoms with Crippen molar-refractivity contribution in [2.45, 2.75) is 37.8 Å². The maximum Gasteiger partial charge on any atom is 0.323 e. The molecule has 2 N–H and O–H groups in total. The van der Waals surface area contributed by atoms with Crippen molar-refractivity contribution >= 4 is 56.6 Å². The van der Waals surface area contributed by atoms with Crippen molar-refractivity contribution in [1.29, 1.82) is 0 Å². The zero-order chi connectivity index (χ0) is 33.5. The number of hydrogen-bond donors (Lipinski definition) is 2. The van der Waals surface area contributed by atoms with E-state index in [1.165, 1.54) is 7.11 Å². The summed E-state index contributed by atoms with van der Waals surface area (Å²) in [5.74, 6) is -1.19. The van der Waals surface area contributed by atoms with Crippen LogP contribution in [0.25, 0.3) is 0 Å². The van der Waals surface area contributed by atoms with Gasteiger partial charge >= 0.3 is 6.03 Å². The summed E-state index contributed by atoms with van der Waals surface area (Å²) in [5, 5.41) is 6.62. The molecule has 242 valence electrons. The minimum absolute atomic E-state index is 0.106. The lowest BCUT2D eigenvalue weighted by Crippen LogP contribution is -2.57. The molecule has 1 fully saturated rings. The van der Waals surface area contributed by atoms with Gasteiger partial charge in [0.1, 0.15) is 11.5 Å². The second kappa shape index (κ2) is 13.0. The quantitative estimate of drug-likeness (QED) is 0.178. The second-order valence-electron chi connectivity index (χ2n) is 12.3. The first-order chi connectivity index (χ1) is 22.6. The van der Waals surface area contributed by atoms with Gasteiger partial charge in [-0.25, -0.2) is 4.79 Å². The fourth-order valence-electron chi connectivity index (χ4n) is 7.24. The van der Waals surface area contributed by atoms with Crippen LogP contribution in [0.4, 0.5) is 16.2 Å². The van der Waals surface area contributed by atoms with Gasteiger partial charge < -0.3 is 25.0 Å². The average Bonchev–Trinajstić information content (AvgIpc) is 3.52. The number of methoxy groups -OCH3 is 2. The van der Waals surface area contributed by atoms with E-state index in [-0.39, 0.29) is 11.7 Å². The van der Waals surface area contributed by atoms with Gasteiger partial charge in [0.05, 0.1) is 25.8 Å². The second-order valence-corrected chi connectivity index (χ2v) is 13.6. The topological polar surface area (TPSA) is 97.0 Å². The predicted octanol–water partition coefficient (Wildman–Crippen LogP) is 8.51. The number of nitrogens with one attached hydrogen (secondary N) is 2. The Hall–Kier alpha value is -4.34. The molecule has 1 saturated heterocycles. The Morgan fingerprint density at radius 1 is 0.979 bits per heavy atom. The Morgan fingerprint density at radius 2 is 1.70 bits per heavy atom. The van der Waals surface area contributed by atoms with Gasteiger partial charge in [-0.15, -0.1) is 0 Å². The van der Waals surface area contributed by atoms with Crippen molar-refractivity contribution in [2.24, 2.45) is 11.8 Å². The summed E-state index contributed by atoms with van der Waals surface area (Å²) in [6.07, 6.45) is 0.511. The highest BCUT2D eigenvalue weighted by molar-refractivity contribution is 9.10. The van der Waals surface area contributed by atoms with Crippen LogP contribution < -0.4 is 20.1 Å². The van der Waals surface area contributed by atoms with Gasteiger partial charge in [0.2, 0.25) is 0 Å². The van der Waals surface area contributed by atoms with Crippen LogP contribution in [0.3, 0.4) is 0 Å². The number of carbonyl (C=O) groups is 3. The van der Waals surface area contributed by atoms with Crippen LogP contribution in [0.2, 0.25) is 5.02 Å². The maximum absolute atomic E-state index is 15.0. The molecule has 8 nitrogen and oxygen atoms in total. The van der Waals surface area contributed by atoms with Crippen LogP contribution in [0.15, 0.2) is 95.5 Å². The molecular formula is C37H35BrClN3O5. The average molecular weight is 717 g/mol. The van der Waals surface area contributed by atoms with E-state index in [1.54, 1.807) is 72.7 Å². The molecule has 10 heteroatoms. The number of Topliss-reactive ketones (excluding diaryl/α,β-unsaturated/α-hetero) is 1. The minimum Gasteiger partial charge on any atom is -0.497 e. The van der Waals surface area contributed by atoms with Gasteiger partial charge in [-0.3, -0.25) is 9.59 Å². The van der Waals surface area contributed by atoms with Gasteiger partial charge in [0.25, 0.3) is 5.91 Å². The molecule has 0 aliphatic carbocycles. The molecule has 0 bridgehead atoms. The molecule has 2 heterocycles. The van der Waals surface area contributed by atoms with Gasteiger partial charge in [-0.1, -0.05) is 83.8 Å². The van der Waals surface area contributed by atoms with E-state index in [9.17, 15) is 9.59 Å². The van der Waals surface area contributed by atoms with Crippen LogP contribution in [0, 0.1) is 11.8 Å². The van der Waals surface area contributed by atoms with E-state index in [0.717, 1.165) is 5.56 Å². The first kappa shape index (κ1) is 32.6. The zero-order valence-corrected chi connectivity index (χ0v) is 28.8. The van der Waals surface area contributed by atoms with E-state index < -0.39 is 35.4 Å². The maximum atomic E-state index is 15.0. The summed E-state index contributed by atoms with van der Waals surface area (Å²) in [6, 6.07) is 25.7. The van der Waals surface area contributed by atoms with E-state index >= 15 is 4.79 Å². The SMILES string of the molecule is COc1ccc(NC(=O)N2C(CC(C)C)C(c3ccc(Cl)cc3)C(C(=O)c3ccccc3)C23C(=O)Nc2ccc(Br)cc23)c(OC)c1. The lowest BCUT2D eigenvalue weighted by atomic mass is 9.69. The predicted molar refractivity (Wildman–Crippen MR) is 187 cm³/mol. The first-order valence-electron chi connectivity index (χ1n) is 15.4. The molecule has 4 unspecified atom stereocenters. The van der Waals surface area contributed by atoms with Crippen LogP contribution in [-0.4, -0.2) is 42.9 Å². The summed E-state index contributed by atoms with van der Waals surface area (Å²) >= 11 is 9.95. The Kier molecular flexibility index (Phi) is 9.05. The van der Waals surface area contributed by atoms with Gasteiger partial charge in [-0.05, 0) is 60.4 Å². The molecule has 0 aromatic heterocycles. The molecular weight excluding hydrogens is 682 g/mol. The van der Waals surface area contributed by atoms with E-state index in [0.29, 0.717) is 49.9 Å². The monoisotopic (exact) mass is 715 g/mol. The molecule has 4 aromatic carbocycles. The fourth-order valence-corrected chi connectivity index (χ4v) is 7.73. The third-order valence-corrected chi connectivity index (χ3v) is 9.84. The number of amides is 3. The molecule has 0 radical (unpaired) electrons. The third kappa shape index (κ3) is 5.65. The van der Waals surface area contributed by atoms with Gasteiger partial charge in [-0.2, -0.15) is 0 Å². The Labute approximate surface area is 287 Å². The fraction of sp³-hybridized carbons (Fsp3) is 0.270. The number of ether oxygens (including phenoxy) is 2. The van der Waals surface area contributed by atoms with Crippen molar-refractivity contribution in [3.63, 3.8) is 0 Å². The molecule has 6 rings (SSSR count). The van der Waals surface area contributed by atoms with Crippen molar-refractivity contribution in [3.8, 4) is 11.5 Å². The highest BCUT2D eigenvalue weighted by atomic mass is 79.9. The Morgan fingerprint density at radius 3 is 2.36 bits per heavy atom. The number of urea groups is 1. The lowest BCUT2D eigenvalue weighted by Gasteiger charge is -2.39. The first-order valence-corrected chi connectivity index (χ1v) is 16.6. The Balaban J connectivity index is 1.64. The van der Waals surface area contributed by atoms with Crippen molar-refractivity contribution in [3.05, 3.63) is 117 Å². The molecule has 2 aliphatic heterocycles. The molecule has 1 spiro atoms. The zero-order valence-electron chi connectivity index (χ0n) is 26.4.